The van der Waals surface area contributed by atoms with Crippen molar-refractivity contribution in [3.8, 4) is 0 Å². The number of halogens is 2. The van der Waals surface area contributed by atoms with E-state index < -0.39 is 12.1 Å². The summed E-state index contributed by atoms with van der Waals surface area (Å²) < 4.78 is 0.924. The number of hydrogen-bond acceptors (Lipinski definition) is 3. The Bertz CT molecular complexity index is 386. The minimum absolute atomic E-state index is 0.198. The molecule has 0 aliphatic rings. The highest BCUT2D eigenvalue weighted by Crippen LogP contribution is 2.22. The molecule has 88 valence electrons. The Kier molecular flexibility index (Phi) is 5.30. The van der Waals surface area contributed by atoms with Crippen molar-refractivity contribution in [3.05, 3.63) is 26.8 Å². The van der Waals surface area contributed by atoms with Gasteiger partial charge in [0.15, 0.2) is 0 Å². The van der Waals surface area contributed by atoms with Gasteiger partial charge in [0.1, 0.15) is 0 Å². The van der Waals surface area contributed by atoms with Crippen LogP contribution in [-0.2, 0) is 4.79 Å². The molecule has 1 aromatic carbocycles. The summed E-state index contributed by atoms with van der Waals surface area (Å²) in [5, 5.41) is 21.4. The third-order valence-electron chi connectivity index (χ3n) is 1.87. The molecule has 6 heteroatoms. The molecule has 1 rings (SSSR count). The van der Waals surface area contributed by atoms with Crippen molar-refractivity contribution in [2.24, 2.45) is 0 Å². The molecule has 4 nitrogen and oxygen atoms in total. The number of carbonyl (C=O) groups is 1. The van der Waals surface area contributed by atoms with Gasteiger partial charge in [0, 0.05) is 20.8 Å². The van der Waals surface area contributed by atoms with Crippen molar-refractivity contribution in [3.63, 3.8) is 0 Å². The molecular formula is C10H11ClINO3. The third-order valence-corrected chi connectivity index (χ3v) is 3.00. The van der Waals surface area contributed by atoms with E-state index in [1.165, 1.54) is 0 Å². The first kappa shape index (κ1) is 13.5. The van der Waals surface area contributed by atoms with E-state index in [0.717, 1.165) is 9.26 Å². The van der Waals surface area contributed by atoms with Crippen LogP contribution in [0.3, 0.4) is 0 Å². The van der Waals surface area contributed by atoms with E-state index in [9.17, 15) is 9.90 Å². The molecule has 0 fully saturated rings. The normalized spacial score (nSPS) is 12.2. The van der Waals surface area contributed by atoms with E-state index in [2.05, 4.69) is 27.9 Å². The number of rotatable bonds is 5. The Balaban J connectivity index is 2.51. The summed E-state index contributed by atoms with van der Waals surface area (Å²) in [4.78, 5) is 10.3. The Hall–Kier alpha value is -0.530. The quantitative estimate of drug-likeness (QED) is 0.708. The van der Waals surface area contributed by atoms with Gasteiger partial charge in [-0.05, 0) is 40.8 Å². The van der Waals surface area contributed by atoms with Crippen molar-refractivity contribution < 1.29 is 15.0 Å². The minimum atomic E-state index is -1.01. The number of benzene rings is 1. The van der Waals surface area contributed by atoms with Crippen molar-refractivity contribution in [1.29, 1.82) is 0 Å². The third kappa shape index (κ3) is 4.54. The molecule has 0 aliphatic heterocycles. The van der Waals surface area contributed by atoms with Crippen LogP contribution < -0.4 is 5.32 Å². The van der Waals surface area contributed by atoms with E-state index in [0.29, 0.717) is 5.02 Å². The first-order valence-electron chi connectivity index (χ1n) is 4.58. The van der Waals surface area contributed by atoms with E-state index in [1.54, 1.807) is 18.2 Å². The average molecular weight is 356 g/mol. The zero-order chi connectivity index (χ0) is 12.1. The Labute approximate surface area is 112 Å². The number of anilines is 1. The molecule has 16 heavy (non-hydrogen) atoms. The maximum atomic E-state index is 10.3. The second kappa shape index (κ2) is 6.27. The molecule has 0 saturated carbocycles. The predicted molar refractivity (Wildman–Crippen MR) is 70.9 cm³/mol. The van der Waals surface area contributed by atoms with Crippen LogP contribution in [0.5, 0.6) is 0 Å². The maximum absolute atomic E-state index is 10.3. The lowest BCUT2D eigenvalue weighted by Crippen LogP contribution is -2.22. The van der Waals surface area contributed by atoms with Gasteiger partial charge in [-0.2, -0.15) is 0 Å². The first-order chi connectivity index (χ1) is 7.49. The van der Waals surface area contributed by atoms with Gasteiger partial charge >= 0.3 is 5.97 Å². The molecule has 0 bridgehead atoms. The highest BCUT2D eigenvalue weighted by molar-refractivity contribution is 14.1. The summed E-state index contributed by atoms with van der Waals surface area (Å²) in [5.74, 6) is -1.01. The van der Waals surface area contributed by atoms with E-state index >= 15 is 0 Å². The Morgan fingerprint density at radius 2 is 2.25 bits per heavy atom. The molecule has 0 aromatic heterocycles. The van der Waals surface area contributed by atoms with Gasteiger partial charge in [0.25, 0.3) is 0 Å². The number of aliphatic carboxylic acids is 1. The zero-order valence-electron chi connectivity index (χ0n) is 8.28. The fourth-order valence-corrected chi connectivity index (χ4v) is 2.20. The summed E-state index contributed by atoms with van der Waals surface area (Å²) in [7, 11) is 0. The van der Waals surface area contributed by atoms with Crippen LogP contribution in [0.15, 0.2) is 18.2 Å². The maximum Gasteiger partial charge on any atom is 0.306 e. The van der Waals surface area contributed by atoms with Crippen molar-refractivity contribution in [2.45, 2.75) is 12.5 Å². The van der Waals surface area contributed by atoms with Crippen LogP contribution in [0.25, 0.3) is 0 Å². The molecule has 0 radical (unpaired) electrons. The van der Waals surface area contributed by atoms with Gasteiger partial charge in [-0.15, -0.1) is 0 Å². The van der Waals surface area contributed by atoms with Gasteiger partial charge in [-0.1, -0.05) is 11.6 Å². The molecule has 0 spiro atoms. The average Bonchev–Trinajstić information content (AvgIpc) is 2.15. The number of nitrogens with one attached hydrogen (secondary N) is 1. The highest BCUT2D eigenvalue weighted by atomic mass is 127. The summed E-state index contributed by atoms with van der Waals surface area (Å²) >= 11 is 7.90. The monoisotopic (exact) mass is 355 g/mol. The first-order valence-corrected chi connectivity index (χ1v) is 6.03. The van der Waals surface area contributed by atoms with Crippen LogP contribution in [0.1, 0.15) is 6.42 Å². The van der Waals surface area contributed by atoms with E-state index in [-0.39, 0.29) is 13.0 Å². The van der Waals surface area contributed by atoms with Crippen molar-refractivity contribution in [2.75, 3.05) is 11.9 Å². The van der Waals surface area contributed by atoms with Gasteiger partial charge in [0.2, 0.25) is 0 Å². The van der Waals surface area contributed by atoms with Gasteiger partial charge in [-0.3, -0.25) is 4.79 Å². The number of carboxylic acid groups (broad SMARTS) is 1. The lowest BCUT2D eigenvalue weighted by atomic mass is 10.2. The Morgan fingerprint density at radius 1 is 1.56 bits per heavy atom. The largest absolute Gasteiger partial charge is 0.481 e. The van der Waals surface area contributed by atoms with Crippen LogP contribution in [0, 0.1) is 3.57 Å². The number of carboxylic acids is 1. The molecule has 1 aromatic rings. The van der Waals surface area contributed by atoms with Crippen molar-refractivity contribution >= 4 is 45.8 Å². The summed E-state index contributed by atoms with van der Waals surface area (Å²) in [6.07, 6.45) is -1.17. The van der Waals surface area contributed by atoms with Gasteiger partial charge < -0.3 is 15.5 Å². The Morgan fingerprint density at radius 3 is 2.81 bits per heavy atom. The van der Waals surface area contributed by atoms with Gasteiger partial charge in [-0.25, -0.2) is 0 Å². The molecule has 3 N–H and O–H groups in total. The van der Waals surface area contributed by atoms with Crippen LogP contribution >= 0.6 is 34.2 Å². The smallest absolute Gasteiger partial charge is 0.306 e. The lowest BCUT2D eigenvalue weighted by Gasteiger charge is -2.12. The number of hydrogen-bond donors (Lipinski definition) is 3. The topological polar surface area (TPSA) is 69.6 Å². The fourth-order valence-electron chi connectivity index (χ4n) is 1.13. The van der Waals surface area contributed by atoms with E-state index in [1.807, 2.05) is 0 Å². The standard InChI is InChI=1S/C10H11ClINO3/c11-6-1-2-9(8(12)3-6)13-5-7(14)4-10(15)16/h1-3,7,13-14H,4-5H2,(H,15,16). The molecule has 0 aliphatic carbocycles. The second-order valence-corrected chi connectivity index (χ2v) is 4.86. The summed E-state index contributed by atoms with van der Waals surface area (Å²) in [6.45, 7) is 0.198. The predicted octanol–water partition coefficient (Wildman–Crippen LogP) is 2.19. The van der Waals surface area contributed by atoms with E-state index in [4.69, 9.17) is 16.7 Å². The SMILES string of the molecule is O=C(O)CC(O)CNc1ccc(Cl)cc1I. The number of aliphatic hydroxyl groups is 1. The number of aliphatic hydroxyl groups excluding tert-OH is 1. The van der Waals surface area contributed by atoms with Crippen LogP contribution in [0.4, 0.5) is 5.69 Å². The summed E-state index contributed by atoms with van der Waals surface area (Å²) in [5.41, 5.74) is 0.828. The van der Waals surface area contributed by atoms with Crippen LogP contribution in [-0.4, -0.2) is 28.8 Å². The fraction of sp³-hybridized carbons (Fsp3) is 0.300. The molecule has 1 unspecified atom stereocenters. The lowest BCUT2D eigenvalue weighted by molar-refractivity contribution is -0.138. The molecular weight excluding hydrogens is 344 g/mol. The highest BCUT2D eigenvalue weighted by Gasteiger charge is 2.09. The zero-order valence-corrected chi connectivity index (χ0v) is 11.2. The van der Waals surface area contributed by atoms with Crippen LogP contribution in [0.2, 0.25) is 5.02 Å². The second-order valence-electron chi connectivity index (χ2n) is 3.26. The molecule has 1 atom stereocenters. The van der Waals surface area contributed by atoms with Crippen molar-refractivity contribution in [1.82, 2.24) is 0 Å². The minimum Gasteiger partial charge on any atom is -0.481 e. The molecule has 0 heterocycles. The summed E-state index contributed by atoms with van der Waals surface area (Å²) in [6, 6.07) is 5.31. The molecule has 0 saturated heterocycles. The van der Waals surface area contributed by atoms with Gasteiger partial charge in [0.05, 0.1) is 12.5 Å². The molecule has 0 amide bonds.